The highest BCUT2D eigenvalue weighted by Crippen LogP contribution is 2.19. The number of amides is 1. The first-order chi connectivity index (χ1) is 12.2. The van der Waals surface area contributed by atoms with Crippen molar-refractivity contribution in [3.8, 4) is 5.88 Å². The van der Waals surface area contributed by atoms with Crippen LogP contribution in [0.15, 0.2) is 42.6 Å². The van der Waals surface area contributed by atoms with E-state index >= 15 is 0 Å². The third-order valence-corrected chi connectivity index (χ3v) is 4.51. The number of rotatable bonds is 5. The molecule has 0 bridgehead atoms. The van der Waals surface area contributed by atoms with Crippen molar-refractivity contribution >= 4 is 17.5 Å². The Kier molecular flexibility index (Phi) is 5.89. The van der Waals surface area contributed by atoms with Gasteiger partial charge in [-0.25, -0.2) is 4.98 Å². The molecular formula is C19H22ClN3O2. The molecule has 1 aliphatic rings. The van der Waals surface area contributed by atoms with Gasteiger partial charge < -0.3 is 9.64 Å². The van der Waals surface area contributed by atoms with Gasteiger partial charge in [-0.2, -0.15) is 0 Å². The van der Waals surface area contributed by atoms with Crippen molar-refractivity contribution in [2.24, 2.45) is 0 Å². The van der Waals surface area contributed by atoms with Gasteiger partial charge in [0.1, 0.15) is 5.56 Å². The number of pyridine rings is 1. The molecule has 0 saturated carbocycles. The first-order valence-corrected chi connectivity index (χ1v) is 8.89. The van der Waals surface area contributed by atoms with Crippen molar-refractivity contribution in [3.05, 3.63) is 58.7 Å². The van der Waals surface area contributed by atoms with Gasteiger partial charge in [-0.15, -0.1) is 0 Å². The lowest BCUT2D eigenvalue weighted by Gasteiger charge is -2.35. The molecule has 0 atom stereocenters. The maximum absolute atomic E-state index is 12.8. The highest BCUT2D eigenvalue weighted by atomic mass is 35.5. The van der Waals surface area contributed by atoms with E-state index in [-0.39, 0.29) is 5.91 Å². The fraction of sp³-hybridized carbons (Fsp3) is 0.368. The topological polar surface area (TPSA) is 45.7 Å². The van der Waals surface area contributed by atoms with Crippen LogP contribution in [0.2, 0.25) is 5.02 Å². The molecule has 1 amide bonds. The summed E-state index contributed by atoms with van der Waals surface area (Å²) < 4.78 is 5.48. The normalized spacial score (nSPS) is 15.2. The Bertz CT molecular complexity index is 713. The Labute approximate surface area is 153 Å². The maximum Gasteiger partial charge on any atom is 0.259 e. The molecule has 0 aliphatic carbocycles. The molecule has 1 fully saturated rings. The van der Waals surface area contributed by atoms with Gasteiger partial charge in [-0.3, -0.25) is 9.69 Å². The molecule has 0 radical (unpaired) electrons. The van der Waals surface area contributed by atoms with E-state index in [1.165, 1.54) is 5.56 Å². The molecule has 25 heavy (non-hydrogen) atoms. The second kappa shape index (κ2) is 8.32. The Hall–Kier alpha value is -2.11. The maximum atomic E-state index is 12.8. The van der Waals surface area contributed by atoms with Gasteiger partial charge in [0.2, 0.25) is 5.88 Å². The molecule has 2 aromatic rings. The van der Waals surface area contributed by atoms with Gasteiger partial charge in [-0.1, -0.05) is 23.7 Å². The Morgan fingerprint density at radius 3 is 2.56 bits per heavy atom. The molecule has 1 aromatic heterocycles. The molecule has 6 heteroatoms. The lowest BCUT2D eigenvalue weighted by atomic mass is 10.2. The molecule has 5 nitrogen and oxygen atoms in total. The van der Waals surface area contributed by atoms with E-state index < -0.39 is 0 Å². The highest BCUT2D eigenvalue weighted by molar-refractivity contribution is 6.30. The SMILES string of the molecule is CCOc1ncccc1C(=O)N1CCN(Cc2ccc(Cl)cc2)CC1. The number of piperazine rings is 1. The molecule has 0 N–H and O–H groups in total. The van der Waals surface area contributed by atoms with Gasteiger partial charge in [0.15, 0.2) is 0 Å². The minimum Gasteiger partial charge on any atom is -0.477 e. The van der Waals surface area contributed by atoms with Crippen LogP contribution < -0.4 is 4.74 Å². The number of nitrogens with zero attached hydrogens (tertiary/aromatic N) is 3. The zero-order chi connectivity index (χ0) is 17.6. The molecule has 132 valence electrons. The number of hydrogen-bond acceptors (Lipinski definition) is 4. The summed E-state index contributed by atoms with van der Waals surface area (Å²) in [5.41, 5.74) is 1.77. The van der Waals surface area contributed by atoms with Crippen LogP contribution in [0.1, 0.15) is 22.8 Å². The number of halogens is 1. The molecule has 0 unspecified atom stereocenters. The number of benzene rings is 1. The zero-order valence-electron chi connectivity index (χ0n) is 14.3. The molecule has 0 spiro atoms. The standard InChI is InChI=1S/C19H22ClN3O2/c1-2-25-18-17(4-3-9-21-18)19(24)23-12-10-22(11-13-23)14-15-5-7-16(20)8-6-15/h3-9H,2,10-14H2,1H3. The molecule has 1 aromatic carbocycles. The lowest BCUT2D eigenvalue weighted by Crippen LogP contribution is -2.48. The summed E-state index contributed by atoms with van der Waals surface area (Å²) in [7, 11) is 0. The average molecular weight is 360 g/mol. The number of hydrogen-bond donors (Lipinski definition) is 0. The van der Waals surface area contributed by atoms with E-state index in [0.29, 0.717) is 31.1 Å². The van der Waals surface area contributed by atoms with Crippen LogP contribution in [0.5, 0.6) is 5.88 Å². The quantitative estimate of drug-likeness (QED) is 0.823. The Morgan fingerprint density at radius 2 is 1.88 bits per heavy atom. The Morgan fingerprint density at radius 1 is 1.16 bits per heavy atom. The van der Waals surface area contributed by atoms with Crippen molar-refractivity contribution in [1.82, 2.24) is 14.8 Å². The highest BCUT2D eigenvalue weighted by Gasteiger charge is 2.24. The van der Waals surface area contributed by atoms with Crippen LogP contribution in [0, 0.1) is 0 Å². The van der Waals surface area contributed by atoms with Crippen LogP contribution in [-0.2, 0) is 6.54 Å². The first kappa shape index (κ1) is 17.7. The lowest BCUT2D eigenvalue weighted by molar-refractivity contribution is 0.0623. The molecule has 2 heterocycles. The van der Waals surface area contributed by atoms with Crippen LogP contribution in [0.3, 0.4) is 0 Å². The summed E-state index contributed by atoms with van der Waals surface area (Å²) in [5, 5.41) is 0.751. The number of carbonyl (C=O) groups is 1. The van der Waals surface area contributed by atoms with E-state index in [4.69, 9.17) is 16.3 Å². The van der Waals surface area contributed by atoms with Crippen molar-refractivity contribution in [2.75, 3.05) is 32.8 Å². The van der Waals surface area contributed by atoms with E-state index in [1.807, 2.05) is 36.1 Å². The van der Waals surface area contributed by atoms with Gasteiger partial charge in [0.05, 0.1) is 6.61 Å². The summed E-state index contributed by atoms with van der Waals surface area (Å²) in [6.45, 7) is 6.35. The average Bonchev–Trinajstić information content (AvgIpc) is 2.64. The summed E-state index contributed by atoms with van der Waals surface area (Å²) in [6.07, 6.45) is 1.64. The predicted octanol–water partition coefficient (Wildman–Crippen LogP) is 3.09. The van der Waals surface area contributed by atoms with Crippen LogP contribution >= 0.6 is 11.6 Å². The summed E-state index contributed by atoms with van der Waals surface area (Å²) in [4.78, 5) is 21.2. The number of ether oxygens (including phenoxy) is 1. The molecule has 3 rings (SSSR count). The van der Waals surface area contributed by atoms with E-state index in [0.717, 1.165) is 24.7 Å². The Balaban J connectivity index is 1.58. The minimum absolute atomic E-state index is 0.0114. The summed E-state index contributed by atoms with van der Waals surface area (Å²) in [5.74, 6) is 0.404. The van der Waals surface area contributed by atoms with Crippen molar-refractivity contribution in [3.63, 3.8) is 0 Å². The van der Waals surface area contributed by atoms with Gasteiger partial charge >= 0.3 is 0 Å². The first-order valence-electron chi connectivity index (χ1n) is 8.51. The van der Waals surface area contributed by atoms with Gasteiger partial charge in [0, 0.05) is 43.9 Å². The zero-order valence-corrected chi connectivity index (χ0v) is 15.1. The van der Waals surface area contributed by atoms with Crippen molar-refractivity contribution in [1.29, 1.82) is 0 Å². The second-order valence-electron chi connectivity index (χ2n) is 5.98. The van der Waals surface area contributed by atoms with Crippen LogP contribution in [0.4, 0.5) is 0 Å². The predicted molar refractivity (Wildman–Crippen MR) is 98.0 cm³/mol. The van der Waals surface area contributed by atoms with Gasteiger partial charge in [-0.05, 0) is 36.8 Å². The van der Waals surface area contributed by atoms with Crippen molar-refractivity contribution < 1.29 is 9.53 Å². The molecule has 1 saturated heterocycles. The van der Waals surface area contributed by atoms with E-state index in [9.17, 15) is 4.79 Å². The smallest absolute Gasteiger partial charge is 0.259 e. The minimum atomic E-state index is -0.0114. The van der Waals surface area contributed by atoms with Crippen molar-refractivity contribution in [2.45, 2.75) is 13.5 Å². The summed E-state index contributed by atoms with van der Waals surface area (Å²) in [6, 6.07) is 11.5. The monoisotopic (exact) mass is 359 g/mol. The fourth-order valence-electron chi connectivity index (χ4n) is 2.93. The third-order valence-electron chi connectivity index (χ3n) is 4.26. The third kappa shape index (κ3) is 4.50. The van der Waals surface area contributed by atoms with Gasteiger partial charge in [0.25, 0.3) is 5.91 Å². The summed E-state index contributed by atoms with van der Waals surface area (Å²) >= 11 is 5.93. The van der Waals surface area contributed by atoms with Crippen LogP contribution in [0.25, 0.3) is 0 Å². The van der Waals surface area contributed by atoms with E-state index in [2.05, 4.69) is 9.88 Å². The number of carbonyl (C=O) groups excluding carboxylic acids is 1. The largest absolute Gasteiger partial charge is 0.477 e. The van der Waals surface area contributed by atoms with E-state index in [1.54, 1.807) is 18.3 Å². The molecule has 1 aliphatic heterocycles. The molecular weight excluding hydrogens is 338 g/mol. The fourth-order valence-corrected chi connectivity index (χ4v) is 3.06. The second-order valence-corrected chi connectivity index (χ2v) is 6.42. The van der Waals surface area contributed by atoms with Crippen LogP contribution in [-0.4, -0.2) is 53.5 Å². The number of aromatic nitrogens is 1.